The van der Waals surface area contributed by atoms with Crippen LogP contribution in [-0.4, -0.2) is 22.7 Å². The van der Waals surface area contributed by atoms with Crippen LogP contribution in [0.5, 0.6) is 5.75 Å². The summed E-state index contributed by atoms with van der Waals surface area (Å²) in [6, 6.07) is 5.34. The van der Waals surface area contributed by atoms with E-state index in [2.05, 4.69) is 11.9 Å². The first-order chi connectivity index (χ1) is 10.6. The van der Waals surface area contributed by atoms with Crippen molar-refractivity contribution >= 4 is 28.9 Å². The molecule has 1 N–H and O–H groups in total. The van der Waals surface area contributed by atoms with Gasteiger partial charge in [0.05, 0.1) is 17.9 Å². The number of unbranched alkanes of at least 4 members (excludes halogenated alkanes) is 1. The Hall–Kier alpha value is -1.59. The number of carbonyl (C=O) groups is 1. The number of benzene rings is 1. The van der Waals surface area contributed by atoms with Crippen molar-refractivity contribution in [3.8, 4) is 16.3 Å². The van der Waals surface area contributed by atoms with E-state index in [4.69, 9.17) is 16.3 Å². The fourth-order valence-electron chi connectivity index (χ4n) is 2.00. The van der Waals surface area contributed by atoms with Crippen LogP contribution in [0.3, 0.4) is 0 Å². The molecule has 0 aliphatic rings. The number of thiazole rings is 1. The van der Waals surface area contributed by atoms with Crippen LogP contribution in [0.15, 0.2) is 18.2 Å². The third-order valence-electron chi connectivity index (χ3n) is 3.15. The van der Waals surface area contributed by atoms with Crippen molar-refractivity contribution in [1.29, 1.82) is 0 Å². The highest BCUT2D eigenvalue weighted by Gasteiger charge is 2.19. The molecule has 0 fully saturated rings. The van der Waals surface area contributed by atoms with Crippen LogP contribution in [0.2, 0.25) is 5.02 Å². The number of hydrogen-bond acceptors (Lipinski definition) is 4. The summed E-state index contributed by atoms with van der Waals surface area (Å²) < 4.78 is 5.79. The van der Waals surface area contributed by atoms with E-state index in [1.165, 1.54) is 0 Å². The molecule has 0 unspecified atom stereocenters. The van der Waals surface area contributed by atoms with Crippen molar-refractivity contribution in [2.24, 2.45) is 0 Å². The molecule has 0 saturated carbocycles. The molecule has 1 aromatic carbocycles. The molecule has 1 heterocycles. The molecule has 22 heavy (non-hydrogen) atoms. The minimum atomic E-state index is -0.948. The molecule has 2 rings (SSSR count). The lowest BCUT2D eigenvalue weighted by molar-refractivity contribution is 0.0701. The zero-order valence-electron chi connectivity index (χ0n) is 12.6. The fraction of sp³-hybridized carbons (Fsp3) is 0.375. The zero-order valence-corrected chi connectivity index (χ0v) is 14.1. The first kappa shape index (κ1) is 16.8. The monoisotopic (exact) mass is 339 g/mol. The molecule has 2 aromatic rings. The van der Waals surface area contributed by atoms with Crippen molar-refractivity contribution in [2.75, 3.05) is 6.61 Å². The number of nitrogens with zero attached hydrogens (tertiary/aromatic N) is 1. The first-order valence-corrected chi connectivity index (χ1v) is 8.42. The molecule has 0 atom stereocenters. The van der Waals surface area contributed by atoms with Gasteiger partial charge in [-0.05, 0) is 31.0 Å². The number of aryl methyl sites for hydroxylation is 1. The summed E-state index contributed by atoms with van der Waals surface area (Å²) >= 11 is 7.23. The third-order valence-corrected chi connectivity index (χ3v) is 4.51. The summed E-state index contributed by atoms with van der Waals surface area (Å²) in [5, 5.41) is 10.5. The van der Waals surface area contributed by atoms with Crippen LogP contribution in [-0.2, 0) is 6.42 Å². The van der Waals surface area contributed by atoms with Gasteiger partial charge in [0.2, 0.25) is 0 Å². The van der Waals surface area contributed by atoms with Crippen LogP contribution in [0, 0.1) is 0 Å². The highest BCUT2D eigenvalue weighted by Crippen LogP contribution is 2.36. The van der Waals surface area contributed by atoms with E-state index < -0.39 is 5.97 Å². The smallest absolute Gasteiger partial charge is 0.347 e. The second-order valence-electron chi connectivity index (χ2n) is 4.80. The van der Waals surface area contributed by atoms with Gasteiger partial charge < -0.3 is 9.84 Å². The molecular weight excluding hydrogens is 322 g/mol. The summed E-state index contributed by atoms with van der Waals surface area (Å²) in [5.74, 6) is -0.262. The maximum absolute atomic E-state index is 11.3. The number of carboxylic acids is 1. The van der Waals surface area contributed by atoms with Gasteiger partial charge in [-0.3, -0.25) is 0 Å². The van der Waals surface area contributed by atoms with Gasteiger partial charge in [0.1, 0.15) is 15.6 Å². The van der Waals surface area contributed by atoms with Crippen molar-refractivity contribution in [1.82, 2.24) is 4.98 Å². The van der Waals surface area contributed by atoms with Crippen molar-refractivity contribution in [2.45, 2.75) is 33.1 Å². The lowest BCUT2D eigenvalue weighted by atomic mass is 10.2. The van der Waals surface area contributed by atoms with Crippen LogP contribution < -0.4 is 4.74 Å². The largest absolute Gasteiger partial charge is 0.493 e. The average Bonchev–Trinajstić information content (AvgIpc) is 2.93. The third kappa shape index (κ3) is 3.78. The number of aromatic carboxylic acids is 1. The lowest BCUT2D eigenvalue weighted by Gasteiger charge is -2.10. The van der Waals surface area contributed by atoms with Gasteiger partial charge in [0.25, 0.3) is 0 Å². The molecule has 0 bridgehead atoms. The topological polar surface area (TPSA) is 59.4 Å². The standard InChI is InChI=1S/C16H18ClNO3S/c1-3-5-8-21-13-7-6-10(17)9-11(13)15-18-12(4-2)14(22-15)16(19)20/h6-7,9H,3-5,8H2,1-2H3,(H,19,20). The maximum Gasteiger partial charge on any atom is 0.347 e. The number of hydrogen-bond donors (Lipinski definition) is 1. The predicted molar refractivity (Wildman–Crippen MR) is 89.3 cm³/mol. The Morgan fingerprint density at radius 3 is 2.77 bits per heavy atom. The second-order valence-corrected chi connectivity index (χ2v) is 6.23. The highest BCUT2D eigenvalue weighted by molar-refractivity contribution is 7.17. The minimum Gasteiger partial charge on any atom is -0.493 e. The Morgan fingerprint density at radius 1 is 1.41 bits per heavy atom. The average molecular weight is 340 g/mol. The Balaban J connectivity index is 2.42. The van der Waals surface area contributed by atoms with E-state index in [0.29, 0.717) is 34.5 Å². The van der Waals surface area contributed by atoms with E-state index in [0.717, 1.165) is 29.7 Å². The number of rotatable bonds is 7. The van der Waals surface area contributed by atoms with Gasteiger partial charge in [-0.2, -0.15) is 0 Å². The number of aromatic nitrogens is 1. The first-order valence-electron chi connectivity index (χ1n) is 7.22. The number of ether oxygens (including phenoxy) is 1. The minimum absolute atomic E-state index is 0.275. The molecule has 1 aromatic heterocycles. The Morgan fingerprint density at radius 2 is 2.18 bits per heavy atom. The molecule has 0 spiro atoms. The number of halogens is 1. The SMILES string of the molecule is CCCCOc1ccc(Cl)cc1-c1nc(CC)c(C(=O)O)s1. The summed E-state index contributed by atoms with van der Waals surface area (Å²) in [7, 11) is 0. The summed E-state index contributed by atoms with van der Waals surface area (Å²) in [6.45, 7) is 4.60. The summed E-state index contributed by atoms with van der Waals surface area (Å²) in [5.41, 5.74) is 1.34. The Labute approximate surface area is 138 Å². The molecule has 0 radical (unpaired) electrons. The maximum atomic E-state index is 11.3. The molecule has 0 aliphatic heterocycles. The molecule has 4 nitrogen and oxygen atoms in total. The van der Waals surface area contributed by atoms with Gasteiger partial charge in [-0.15, -0.1) is 11.3 Å². The van der Waals surface area contributed by atoms with Gasteiger partial charge in [0, 0.05) is 5.02 Å². The predicted octanol–water partition coefficient (Wildman–Crippen LogP) is 4.90. The Bertz CT molecular complexity index is 669. The highest BCUT2D eigenvalue weighted by atomic mass is 35.5. The summed E-state index contributed by atoms with van der Waals surface area (Å²) in [6.07, 6.45) is 2.58. The van der Waals surface area contributed by atoms with E-state index in [9.17, 15) is 9.90 Å². The lowest BCUT2D eigenvalue weighted by Crippen LogP contribution is -1.98. The molecular formula is C16H18ClNO3S. The number of carboxylic acid groups (broad SMARTS) is 1. The zero-order chi connectivity index (χ0) is 16.1. The summed E-state index contributed by atoms with van der Waals surface area (Å²) in [4.78, 5) is 16.0. The van der Waals surface area contributed by atoms with E-state index in [-0.39, 0.29) is 4.88 Å². The Kier molecular flexibility index (Phi) is 5.80. The van der Waals surface area contributed by atoms with E-state index in [1.54, 1.807) is 18.2 Å². The van der Waals surface area contributed by atoms with Gasteiger partial charge >= 0.3 is 5.97 Å². The fourth-order valence-corrected chi connectivity index (χ4v) is 3.18. The quantitative estimate of drug-likeness (QED) is 0.728. The van der Waals surface area contributed by atoms with Crippen molar-refractivity contribution in [3.05, 3.63) is 33.8 Å². The van der Waals surface area contributed by atoms with Crippen LogP contribution in [0.25, 0.3) is 10.6 Å². The van der Waals surface area contributed by atoms with Crippen LogP contribution in [0.1, 0.15) is 42.1 Å². The van der Waals surface area contributed by atoms with Gasteiger partial charge in [0.15, 0.2) is 0 Å². The van der Waals surface area contributed by atoms with Gasteiger partial charge in [-0.1, -0.05) is 31.9 Å². The molecule has 0 aliphatic carbocycles. The van der Waals surface area contributed by atoms with Crippen LogP contribution >= 0.6 is 22.9 Å². The molecule has 0 saturated heterocycles. The van der Waals surface area contributed by atoms with Crippen molar-refractivity contribution < 1.29 is 14.6 Å². The normalized spacial score (nSPS) is 10.7. The molecule has 0 amide bonds. The van der Waals surface area contributed by atoms with Crippen molar-refractivity contribution in [3.63, 3.8) is 0 Å². The molecule has 118 valence electrons. The second kappa shape index (κ2) is 7.61. The van der Waals surface area contributed by atoms with E-state index >= 15 is 0 Å². The molecule has 6 heteroatoms. The van der Waals surface area contributed by atoms with Gasteiger partial charge in [-0.25, -0.2) is 9.78 Å². The van der Waals surface area contributed by atoms with E-state index in [1.807, 2.05) is 6.92 Å². The van der Waals surface area contributed by atoms with Crippen LogP contribution in [0.4, 0.5) is 0 Å².